The Morgan fingerprint density at radius 3 is 2.47 bits per heavy atom. The van der Waals surface area contributed by atoms with E-state index in [0.29, 0.717) is 16.0 Å². The highest BCUT2D eigenvalue weighted by molar-refractivity contribution is 7.12. The minimum atomic E-state index is -1.19. The summed E-state index contributed by atoms with van der Waals surface area (Å²) >= 11 is 1.16. The number of aldehydes is 1. The zero-order chi connectivity index (χ0) is 14.7. The summed E-state index contributed by atoms with van der Waals surface area (Å²) < 4.78 is 5.12. The molecule has 19 heavy (non-hydrogen) atoms. The number of nitrogens with zero attached hydrogens (tertiary/aromatic N) is 1. The quantitative estimate of drug-likeness (QED) is 0.863. The molecule has 0 radical (unpaired) electrons. The number of hydrogen-bond acceptors (Lipinski definition) is 5. The Bertz CT molecular complexity index is 525. The summed E-state index contributed by atoms with van der Waals surface area (Å²) in [5, 5.41) is 11.3. The van der Waals surface area contributed by atoms with Crippen LogP contribution in [0.1, 0.15) is 37.4 Å². The first-order chi connectivity index (χ1) is 8.70. The maximum atomic E-state index is 11.7. The Hall–Kier alpha value is -1.87. The highest BCUT2D eigenvalue weighted by atomic mass is 32.1. The maximum absolute atomic E-state index is 11.7. The van der Waals surface area contributed by atoms with Crippen LogP contribution in [-0.4, -0.2) is 18.0 Å². The number of rotatable bonds is 3. The van der Waals surface area contributed by atoms with Gasteiger partial charge in [-0.1, -0.05) is 0 Å². The maximum Gasteiger partial charge on any atom is 0.408 e. The highest BCUT2D eigenvalue weighted by Crippen LogP contribution is 2.27. The van der Waals surface area contributed by atoms with Crippen molar-refractivity contribution in [1.29, 1.82) is 5.26 Å². The second kappa shape index (κ2) is 5.41. The van der Waals surface area contributed by atoms with Crippen LogP contribution in [0.3, 0.4) is 0 Å². The van der Waals surface area contributed by atoms with Crippen LogP contribution in [0.4, 0.5) is 4.79 Å². The minimum absolute atomic E-state index is 0.481. The Balaban J connectivity index is 2.90. The number of amides is 1. The molecule has 1 aromatic heterocycles. The third kappa shape index (κ3) is 4.07. The fourth-order valence-electron chi connectivity index (χ4n) is 1.34. The average molecular weight is 280 g/mol. The summed E-state index contributed by atoms with van der Waals surface area (Å²) in [7, 11) is 0. The Morgan fingerprint density at radius 2 is 2.05 bits per heavy atom. The summed E-state index contributed by atoms with van der Waals surface area (Å²) in [6.45, 7) is 6.79. The average Bonchev–Trinajstić information content (AvgIpc) is 2.75. The summed E-state index contributed by atoms with van der Waals surface area (Å²) in [6.07, 6.45) is -0.0433. The number of nitrogens with one attached hydrogen (secondary N) is 1. The van der Waals surface area contributed by atoms with Crippen LogP contribution in [0, 0.1) is 11.3 Å². The minimum Gasteiger partial charge on any atom is -0.444 e. The van der Waals surface area contributed by atoms with Crippen molar-refractivity contribution >= 4 is 23.7 Å². The molecule has 0 fully saturated rings. The first-order valence-corrected chi connectivity index (χ1v) is 6.50. The molecule has 0 aliphatic heterocycles. The van der Waals surface area contributed by atoms with Gasteiger partial charge in [0.25, 0.3) is 0 Å². The van der Waals surface area contributed by atoms with Gasteiger partial charge in [0.15, 0.2) is 6.29 Å². The third-order valence-corrected chi connectivity index (χ3v) is 3.45. The molecule has 1 aromatic rings. The van der Waals surface area contributed by atoms with Crippen molar-refractivity contribution in [2.75, 3.05) is 0 Å². The number of ether oxygens (including phenoxy) is 1. The number of hydrogen-bond donors (Lipinski definition) is 1. The van der Waals surface area contributed by atoms with E-state index in [1.165, 1.54) is 0 Å². The van der Waals surface area contributed by atoms with E-state index in [0.717, 1.165) is 11.3 Å². The largest absolute Gasteiger partial charge is 0.444 e. The van der Waals surface area contributed by atoms with Gasteiger partial charge in [-0.05, 0) is 39.8 Å². The normalized spacial score (nSPS) is 14.1. The van der Waals surface area contributed by atoms with Crippen LogP contribution in [-0.2, 0) is 15.1 Å². The molecule has 6 heteroatoms. The predicted octanol–water partition coefficient (Wildman–Crippen LogP) is 2.56. The third-order valence-electron chi connectivity index (χ3n) is 2.22. The van der Waals surface area contributed by atoms with Crippen molar-refractivity contribution < 1.29 is 14.3 Å². The van der Waals surface area contributed by atoms with Crippen LogP contribution < -0.4 is 5.32 Å². The lowest BCUT2D eigenvalue weighted by Gasteiger charge is -2.26. The lowest BCUT2D eigenvalue weighted by atomic mass is 10.0. The lowest BCUT2D eigenvalue weighted by molar-refractivity contribution is -0.113. The first kappa shape index (κ1) is 15.2. The molecule has 1 atom stereocenters. The number of carbonyl (C=O) groups excluding carboxylic acids is 2. The summed E-state index contributed by atoms with van der Waals surface area (Å²) in [6, 6.07) is 5.25. The molecule has 0 aromatic carbocycles. The van der Waals surface area contributed by atoms with Gasteiger partial charge in [-0.3, -0.25) is 0 Å². The summed E-state index contributed by atoms with van der Waals surface area (Å²) in [5.74, 6) is 0. The predicted molar refractivity (Wildman–Crippen MR) is 71.8 cm³/mol. The van der Waals surface area contributed by atoms with Gasteiger partial charge in [0.2, 0.25) is 0 Å². The summed E-state index contributed by atoms with van der Waals surface area (Å²) in [4.78, 5) is 24.1. The number of carbonyl (C=O) groups is 2. The molecule has 1 amide bonds. The van der Waals surface area contributed by atoms with Crippen molar-refractivity contribution in [2.45, 2.75) is 38.8 Å². The van der Waals surface area contributed by atoms with Crippen LogP contribution >= 0.6 is 11.3 Å². The second-order valence-corrected chi connectivity index (χ2v) is 6.31. The van der Waals surface area contributed by atoms with E-state index in [4.69, 9.17) is 10.00 Å². The van der Waals surface area contributed by atoms with Gasteiger partial charge in [0, 0.05) is 4.88 Å². The van der Waals surface area contributed by atoms with Gasteiger partial charge in [-0.2, -0.15) is 5.26 Å². The molecule has 0 bridgehead atoms. The van der Waals surface area contributed by atoms with E-state index in [2.05, 4.69) is 5.32 Å². The smallest absolute Gasteiger partial charge is 0.408 e. The van der Waals surface area contributed by atoms with Gasteiger partial charge in [-0.25, -0.2) is 4.79 Å². The molecule has 0 spiro atoms. The van der Waals surface area contributed by atoms with Gasteiger partial charge >= 0.3 is 6.09 Å². The van der Waals surface area contributed by atoms with Crippen molar-refractivity contribution in [3.8, 4) is 6.07 Å². The van der Waals surface area contributed by atoms with Gasteiger partial charge in [-0.15, -0.1) is 11.3 Å². The Kier molecular flexibility index (Phi) is 4.32. The zero-order valence-corrected chi connectivity index (χ0v) is 12.1. The molecule has 0 saturated carbocycles. The summed E-state index contributed by atoms with van der Waals surface area (Å²) in [5.41, 5.74) is -1.83. The van der Waals surface area contributed by atoms with Gasteiger partial charge in [0.05, 0.1) is 0 Å². The molecule has 0 saturated heterocycles. The second-order valence-electron chi connectivity index (χ2n) is 5.22. The van der Waals surface area contributed by atoms with Crippen molar-refractivity contribution in [3.63, 3.8) is 0 Å². The standard InChI is InChI=1S/C13H16N2O3S/c1-12(2,3)18-11(17)15-13(4,8-16)10-6-5-9(7-14)19-10/h5-6,8H,1-4H3,(H,15,17). The lowest BCUT2D eigenvalue weighted by Crippen LogP contribution is -2.46. The molecule has 0 aliphatic carbocycles. The van der Waals surface area contributed by atoms with E-state index in [-0.39, 0.29) is 0 Å². The molecule has 1 heterocycles. The topological polar surface area (TPSA) is 79.2 Å². The van der Waals surface area contributed by atoms with E-state index < -0.39 is 17.2 Å². The van der Waals surface area contributed by atoms with E-state index >= 15 is 0 Å². The molecular weight excluding hydrogens is 264 g/mol. The molecule has 1 N–H and O–H groups in total. The molecule has 102 valence electrons. The fourth-order valence-corrected chi connectivity index (χ4v) is 2.21. The Labute approximate surface area is 116 Å². The van der Waals surface area contributed by atoms with Gasteiger partial charge < -0.3 is 14.8 Å². The monoisotopic (exact) mass is 280 g/mol. The van der Waals surface area contributed by atoms with Gasteiger partial charge in [0.1, 0.15) is 22.1 Å². The van der Waals surface area contributed by atoms with Crippen LogP contribution in [0.2, 0.25) is 0 Å². The zero-order valence-electron chi connectivity index (χ0n) is 11.3. The molecule has 1 rings (SSSR count). The molecular formula is C13H16N2O3S. The molecule has 1 unspecified atom stereocenters. The van der Waals surface area contributed by atoms with Crippen molar-refractivity contribution in [1.82, 2.24) is 5.32 Å². The SMILES string of the molecule is CC(C)(C)OC(=O)NC(C)(C=O)c1ccc(C#N)s1. The van der Waals surface area contributed by atoms with E-state index in [1.54, 1.807) is 39.8 Å². The Morgan fingerprint density at radius 1 is 1.42 bits per heavy atom. The van der Waals surface area contributed by atoms with E-state index in [1.807, 2.05) is 6.07 Å². The van der Waals surface area contributed by atoms with Crippen LogP contribution in [0.25, 0.3) is 0 Å². The number of thiophene rings is 1. The first-order valence-electron chi connectivity index (χ1n) is 5.68. The van der Waals surface area contributed by atoms with Crippen molar-refractivity contribution in [3.05, 3.63) is 21.9 Å². The number of alkyl carbamates (subject to hydrolysis) is 1. The van der Waals surface area contributed by atoms with E-state index in [9.17, 15) is 9.59 Å². The van der Waals surface area contributed by atoms with Crippen LogP contribution in [0.15, 0.2) is 12.1 Å². The van der Waals surface area contributed by atoms with Crippen LogP contribution in [0.5, 0.6) is 0 Å². The molecule has 0 aliphatic rings. The number of nitriles is 1. The highest BCUT2D eigenvalue weighted by Gasteiger charge is 2.32. The fraction of sp³-hybridized carbons (Fsp3) is 0.462. The molecule has 5 nitrogen and oxygen atoms in total. The van der Waals surface area contributed by atoms with Crippen molar-refractivity contribution in [2.24, 2.45) is 0 Å².